The van der Waals surface area contributed by atoms with Crippen LogP contribution in [0.25, 0.3) is 0 Å². The van der Waals surface area contributed by atoms with Gasteiger partial charge in [0.05, 0.1) is 6.10 Å². The van der Waals surface area contributed by atoms with Crippen LogP contribution in [0.2, 0.25) is 0 Å². The highest BCUT2D eigenvalue weighted by atomic mass is 16.5. The summed E-state index contributed by atoms with van der Waals surface area (Å²) < 4.78 is 5.25. The van der Waals surface area contributed by atoms with Crippen LogP contribution in [0.3, 0.4) is 0 Å². The average Bonchev–Trinajstić information content (AvgIpc) is 2.85. The number of rotatable bonds is 5. The lowest BCUT2D eigenvalue weighted by Gasteiger charge is -2.25. The highest BCUT2D eigenvalue weighted by molar-refractivity contribution is 4.97. The van der Waals surface area contributed by atoms with Crippen molar-refractivity contribution in [3.05, 3.63) is 11.7 Å². The molecule has 0 spiro atoms. The lowest BCUT2D eigenvalue weighted by atomic mass is 9.80. The summed E-state index contributed by atoms with van der Waals surface area (Å²) in [5.74, 6) is 2.92. The van der Waals surface area contributed by atoms with E-state index in [1.54, 1.807) is 6.92 Å². The zero-order valence-electron chi connectivity index (χ0n) is 11.4. The second kappa shape index (κ2) is 6.32. The molecule has 1 heterocycles. The monoisotopic (exact) mass is 252 g/mol. The van der Waals surface area contributed by atoms with Gasteiger partial charge in [0.15, 0.2) is 5.82 Å². The fourth-order valence-corrected chi connectivity index (χ4v) is 2.70. The van der Waals surface area contributed by atoms with Crippen molar-refractivity contribution in [3.63, 3.8) is 0 Å². The molecule has 102 valence electrons. The molecule has 1 fully saturated rings. The molecule has 18 heavy (non-hydrogen) atoms. The third-order valence-electron chi connectivity index (χ3n) is 4.05. The Kier molecular flexibility index (Phi) is 4.75. The Balaban J connectivity index is 1.86. The average molecular weight is 252 g/mol. The topological polar surface area (TPSA) is 59.2 Å². The standard InChI is InChI=1S/C14H24N2O2/c1-3-11-5-7-12(8-6-11)14-15-13(18-16-14)9-4-10(2)17/h10-12,17H,3-9H2,1-2H3. The van der Waals surface area contributed by atoms with Gasteiger partial charge in [-0.2, -0.15) is 4.98 Å². The first kappa shape index (κ1) is 13.5. The van der Waals surface area contributed by atoms with E-state index >= 15 is 0 Å². The van der Waals surface area contributed by atoms with Crippen LogP contribution < -0.4 is 0 Å². The van der Waals surface area contributed by atoms with Crippen LogP contribution in [0.4, 0.5) is 0 Å². The van der Waals surface area contributed by atoms with Gasteiger partial charge in [-0.15, -0.1) is 0 Å². The number of hydrogen-bond donors (Lipinski definition) is 1. The molecule has 1 aliphatic carbocycles. The van der Waals surface area contributed by atoms with E-state index in [1.165, 1.54) is 32.1 Å². The quantitative estimate of drug-likeness (QED) is 0.875. The first-order chi connectivity index (χ1) is 8.69. The summed E-state index contributed by atoms with van der Waals surface area (Å²) in [6.07, 6.45) is 7.30. The second-order valence-electron chi connectivity index (χ2n) is 5.56. The van der Waals surface area contributed by atoms with E-state index < -0.39 is 0 Å². The van der Waals surface area contributed by atoms with Crippen LogP contribution in [0.1, 0.15) is 70.0 Å². The van der Waals surface area contributed by atoms with Gasteiger partial charge in [0.25, 0.3) is 0 Å². The van der Waals surface area contributed by atoms with Crippen LogP contribution >= 0.6 is 0 Å². The minimum absolute atomic E-state index is 0.305. The molecule has 1 atom stereocenters. The van der Waals surface area contributed by atoms with E-state index in [-0.39, 0.29) is 6.10 Å². The molecule has 1 aromatic rings. The smallest absolute Gasteiger partial charge is 0.226 e. The lowest BCUT2D eigenvalue weighted by molar-refractivity contribution is 0.180. The third-order valence-corrected chi connectivity index (χ3v) is 4.05. The maximum Gasteiger partial charge on any atom is 0.226 e. The molecule has 1 aliphatic rings. The highest BCUT2D eigenvalue weighted by Crippen LogP contribution is 2.35. The summed E-state index contributed by atoms with van der Waals surface area (Å²) in [7, 11) is 0. The summed E-state index contributed by atoms with van der Waals surface area (Å²) in [5, 5.41) is 13.3. The largest absolute Gasteiger partial charge is 0.393 e. The molecule has 4 nitrogen and oxygen atoms in total. The molecule has 0 bridgehead atoms. The van der Waals surface area contributed by atoms with E-state index in [4.69, 9.17) is 4.52 Å². The van der Waals surface area contributed by atoms with Crippen LogP contribution in [-0.4, -0.2) is 21.4 Å². The van der Waals surface area contributed by atoms with Gasteiger partial charge in [-0.1, -0.05) is 18.5 Å². The second-order valence-corrected chi connectivity index (χ2v) is 5.56. The fourth-order valence-electron chi connectivity index (χ4n) is 2.70. The molecule has 1 aromatic heterocycles. The number of aryl methyl sites for hydroxylation is 1. The van der Waals surface area contributed by atoms with Gasteiger partial charge >= 0.3 is 0 Å². The Bertz CT molecular complexity index is 354. The van der Waals surface area contributed by atoms with E-state index in [9.17, 15) is 5.11 Å². The number of aliphatic hydroxyl groups is 1. The predicted molar refractivity (Wildman–Crippen MR) is 69.3 cm³/mol. The minimum Gasteiger partial charge on any atom is -0.393 e. The Morgan fingerprint density at radius 1 is 1.33 bits per heavy atom. The summed E-state index contributed by atoms with van der Waals surface area (Å²) >= 11 is 0. The van der Waals surface area contributed by atoms with Gasteiger partial charge in [0, 0.05) is 12.3 Å². The van der Waals surface area contributed by atoms with Crippen molar-refractivity contribution in [2.45, 2.75) is 70.8 Å². The summed E-state index contributed by atoms with van der Waals surface area (Å²) in [6, 6.07) is 0. The van der Waals surface area contributed by atoms with Gasteiger partial charge in [0.2, 0.25) is 5.89 Å². The van der Waals surface area contributed by atoms with Crippen LogP contribution in [-0.2, 0) is 6.42 Å². The van der Waals surface area contributed by atoms with Crippen molar-refractivity contribution in [1.29, 1.82) is 0 Å². The zero-order valence-corrected chi connectivity index (χ0v) is 11.4. The molecule has 1 N–H and O–H groups in total. The van der Waals surface area contributed by atoms with Crippen molar-refractivity contribution in [1.82, 2.24) is 10.1 Å². The van der Waals surface area contributed by atoms with Crippen molar-refractivity contribution in [2.75, 3.05) is 0 Å². The first-order valence-corrected chi connectivity index (χ1v) is 7.19. The third kappa shape index (κ3) is 3.55. The molecule has 0 aliphatic heterocycles. The Morgan fingerprint density at radius 3 is 2.67 bits per heavy atom. The number of hydrogen-bond acceptors (Lipinski definition) is 4. The lowest BCUT2D eigenvalue weighted by Crippen LogP contribution is -2.13. The first-order valence-electron chi connectivity index (χ1n) is 7.19. The molecule has 0 aromatic carbocycles. The Hall–Kier alpha value is -0.900. The number of nitrogens with zero attached hydrogens (tertiary/aromatic N) is 2. The van der Waals surface area contributed by atoms with Gasteiger partial charge < -0.3 is 9.63 Å². The maximum atomic E-state index is 9.24. The zero-order chi connectivity index (χ0) is 13.0. The predicted octanol–water partition coefficient (Wildman–Crippen LogP) is 3.07. The highest BCUT2D eigenvalue weighted by Gasteiger charge is 2.24. The Morgan fingerprint density at radius 2 is 2.06 bits per heavy atom. The summed E-state index contributed by atoms with van der Waals surface area (Å²) in [6.45, 7) is 4.05. The van der Waals surface area contributed by atoms with E-state index in [2.05, 4.69) is 17.1 Å². The molecule has 0 saturated heterocycles. The summed E-state index contributed by atoms with van der Waals surface area (Å²) in [4.78, 5) is 4.47. The van der Waals surface area contributed by atoms with Gasteiger partial charge in [0.1, 0.15) is 0 Å². The van der Waals surface area contributed by atoms with Gasteiger partial charge in [-0.25, -0.2) is 0 Å². The molecule has 0 amide bonds. The molecular formula is C14H24N2O2. The number of aliphatic hydroxyl groups excluding tert-OH is 1. The van der Waals surface area contributed by atoms with Gasteiger partial charge in [-0.3, -0.25) is 0 Å². The van der Waals surface area contributed by atoms with Gasteiger partial charge in [-0.05, 0) is 44.9 Å². The van der Waals surface area contributed by atoms with Crippen LogP contribution in [0.5, 0.6) is 0 Å². The molecule has 2 rings (SSSR count). The molecule has 1 saturated carbocycles. The van der Waals surface area contributed by atoms with Crippen LogP contribution in [0.15, 0.2) is 4.52 Å². The van der Waals surface area contributed by atoms with Crippen molar-refractivity contribution in [2.24, 2.45) is 5.92 Å². The molecular weight excluding hydrogens is 228 g/mol. The number of aromatic nitrogens is 2. The van der Waals surface area contributed by atoms with Crippen molar-refractivity contribution >= 4 is 0 Å². The minimum atomic E-state index is -0.305. The van der Waals surface area contributed by atoms with E-state index in [0.717, 1.165) is 11.7 Å². The molecule has 0 radical (unpaired) electrons. The maximum absolute atomic E-state index is 9.24. The Labute approximate surface area is 109 Å². The normalized spacial score (nSPS) is 26.2. The SMILES string of the molecule is CCC1CCC(c2noc(CCC(C)O)n2)CC1. The molecule has 4 heteroatoms. The van der Waals surface area contributed by atoms with Crippen molar-refractivity contribution < 1.29 is 9.63 Å². The fraction of sp³-hybridized carbons (Fsp3) is 0.857. The van der Waals surface area contributed by atoms with Crippen LogP contribution in [0, 0.1) is 5.92 Å². The molecule has 1 unspecified atom stereocenters. The van der Waals surface area contributed by atoms with E-state index in [0.29, 0.717) is 24.7 Å². The van der Waals surface area contributed by atoms with E-state index in [1.807, 2.05) is 0 Å². The van der Waals surface area contributed by atoms with Crippen molar-refractivity contribution in [3.8, 4) is 0 Å². The summed E-state index contributed by atoms with van der Waals surface area (Å²) in [5.41, 5.74) is 0.